The number of amides is 1. The Kier molecular flexibility index (Phi) is 5.61. The maximum absolute atomic E-state index is 12.1. The molecule has 24 heavy (non-hydrogen) atoms. The maximum atomic E-state index is 12.1. The van der Waals surface area contributed by atoms with Crippen LogP contribution in [0.1, 0.15) is 19.3 Å². The minimum atomic E-state index is -1.29. The number of aromatic nitrogens is 3. The molecule has 0 saturated carbocycles. The number of hydrogen-bond donors (Lipinski definition) is 3. The van der Waals surface area contributed by atoms with Crippen molar-refractivity contribution in [1.29, 1.82) is 0 Å². The number of rotatable bonds is 8. The topological polar surface area (TPSA) is 134 Å². The van der Waals surface area contributed by atoms with Crippen LogP contribution in [0.2, 0.25) is 0 Å². The molecule has 1 aromatic carbocycles. The van der Waals surface area contributed by atoms with Crippen molar-refractivity contribution in [2.75, 3.05) is 5.32 Å². The smallest absolute Gasteiger partial charge is 0.316 e. The molecule has 1 amide bonds. The summed E-state index contributed by atoms with van der Waals surface area (Å²) in [4.78, 5) is 33.7. The Balaban J connectivity index is 1.98. The van der Waals surface area contributed by atoms with Crippen LogP contribution >= 0.6 is 0 Å². The third-order valence-corrected chi connectivity index (χ3v) is 3.32. The van der Waals surface area contributed by atoms with E-state index in [1.165, 1.54) is 10.9 Å². The van der Waals surface area contributed by atoms with Crippen LogP contribution in [-0.2, 0) is 14.4 Å². The fraction of sp³-hybridized carbons (Fsp3) is 0.267. The highest BCUT2D eigenvalue weighted by atomic mass is 16.4. The molecule has 0 saturated heterocycles. The van der Waals surface area contributed by atoms with Gasteiger partial charge in [-0.25, -0.2) is 4.68 Å². The highest BCUT2D eigenvalue weighted by molar-refractivity contribution is 6.04. The summed E-state index contributed by atoms with van der Waals surface area (Å²) in [5.41, 5.74) is 1.18. The summed E-state index contributed by atoms with van der Waals surface area (Å²) >= 11 is 0. The van der Waals surface area contributed by atoms with Gasteiger partial charge in [0.1, 0.15) is 5.92 Å². The van der Waals surface area contributed by atoms with Gasteiger partial charge in [0.15, 0.2) is 0 Å². The molecule has 0 unspecified atom stereocenters. The molecule has 0 spiro atoms. The number of carbonyl (C=O) groups excluding carboxylic acids is 1. The van der Waals surface area contributed by atoms with Crippen molar-refractivity contribution >= 4 is 23.5 Å². The molecule has 0 fully saturated rings. The Morgan fingerprint density at radius 3 is 2.42 bits per heavy atom. The molecule has 0 aliphatic heterocycles. The van der Waals surface area contributed by atoms with E-state index in [0.29, 0.717) is 5.69 Å². The number of hydrogen-bond acceptors (Lipinski definition) is 5. The predicted molar refractivity (Wildman–Crippen MR) is 82.6 cm³/mol. The first-order valence-corrected chi connectivity index (χ1v) is 7.19. The van der Waals surface area contributed by atoms with Crippen LogP contribution in [0, 0.1) is 5.92 Å². The van der Waals surface area contributed by atoms with Crippen molar-refractivity contribution in [3.05, 3.63) is 36.7 Å². The molecule has 2 aromatic rings. The standard InChI is InChI=1S/C15H16N4O5/c20-13(21)3-1-2-12(15(23)24)14(22)17-10-4-6-11(7-5-10)19-9-8-16-18-19/h4-9,12H,1-3H2,(H,17,22)(H,20,21)(H,23,24)/t12-/m0/s1. The van der Waals surface area contributed by atoms with E-state index in [0.717, 1.165) is 5.69 Å². The first-order chi connectivity index (χ1) is 11.5. The third-order valence-electron chi connectivity index (χ3n) is 3.32. The molecule has 1 aromatic heterocycles. The van der Waals surface area contributed by atoms with Crippen LogP contribution in [0.3, 0.4) is 0 Å². The predicted octanol–water partition coefficient (Wildman–Crippen LogP) is 1.16. The molecule has 3 N–H and O–H groups in total. The zero-order valence-electron chi connectivity index (χ0n) is 12.6. The highest BCUT2D eigenvalue weighted by Gasteiger charge is 2.26. The van der Waals surface area contributed by atoms with Crippen molar-refractivity contribution in [2.24, 2.45) is 5.92 Å². The van der Waals surface area contributed by atoms with Gasteiger partial charge >= 0.3 is 11.9 Å². The summed E-state index contributed by atoms with van der Waals surface area (Å²) in [6, 6.07) is 6.63. The number of carboxylic acid groups (broad SMARTS) is 2. The molecule has 0 bridgehead atoms. The number of carboxylic acids is 2. The van der Waals surface area contributed by atoms with Gasteiger partial charge in [-0.15, -0.1) is 5.10 Å². The summed E-state index contributed by atoms with van der Waals surface area (Å²) in [5, 5.41) is 27.8. The molecule has 1 heterocycles. The fourth-order valence-electron chi connectivity index (χ4n) is 2.10. The number of benzene rings is 1. The van der Waals surface area contributed by atoms with E-state index < -0.39 is 23.8 Å². The first-order valence-electron chi connectivity index (χ1n) is 7.19. The van der Waals surface area contributed by atoms with E-state index in [1.54, 1.807) is 30.5 Å². The third kappa shape index (κ3) is 4.63. The lowest BCUT2D eigenvalue weighted by atomic mass is 10.0. The summed E-state index contributed by atoms with van der Waals surface area (Å²) in [7, 11) is 0. The second-order valence-electron chi connectivity index (χ2n) is 5.06. The van der Waals surface area contributed by atoms with Gasteiger partial charge in [0.2, 0.25) is 5.91 Å². The average molecular weight is 332 g/mol. The molecule has 0 aliphatic carbocycles. The lowest BCUT2D eigenvalue weighted by Gasteiger charge is -2.12. The van der Waals surface area contributed by atoms with Gasteiger partial charge in [-0.2, -0.15) is 0 Å². The zero-order chi connectivity index (χ0) is 17.5. The Bertz CT molecular complexity index is 712. The van der Waals surface area contributed by atoms with E-state index in [4.69, 9.17) is 10.2 Å². The van der Waals surface area contributed by atoms with E-state index in [1.807, 2.05) is 0 Å². The number of nitrogens with zero attached hydrogens (tertiary/aromatic N) is 3. The highest BCUT2D eigenvalue weighted by Crippen LogP contribution is 2.16. The molecule has 0 aliphatic rings. The van der Waals surface area contributed by atoms with Crippen LogP contribution < -0.4 is 5.32 Å². The van der Waals surface area contributed by atoms with E-state index in [2.05, 4.69) is 15.6 Å². The van der Waals surface area contributed by atoms with E-state index in [-0.39, 0.29) is 19.3 Å². The van der Waals surface area contributed by atoms with Crippen molar-refractivity contribution < 1.29 is 24.6 Å². The summed E-state index contributed by atoms with van der Waals surface area (Å²) in [6.07, 6.45) is 3.10. The first kappa shape index (κ1) is 17.1. The number of aliphatic carboxylic acids is 2. The quantitative estimate of drug-likeness (QED) is 0.617. The van der Waals surface area contributed by atoms with Crippen molar-refractivity contribution in [1.82, 2.24) is 15.0 Å². The zero-order valence-corrected chi connectivity index (χ0v) is 12.6. The van der Waals surface area contributed by atoms with Crippen LogP contribution in [0.4, 0.5) is 5.69 Å². The Morgan fingerprint density at radius 1 is 1.17 bits per heavy atom. The lowest BCUT2D eigenvalue weighted by Crippen LogP contribution is -2.29. The van der Waals surface area contributed by atoms with Gasteiger partial charge in [-0.1, -0.05) is 5.21 Å². The van der Waals surface area contributed by atoms with Gasteiger partial charge < -0.3 is 15.5 Å². The molecule has 9 heteroatoms. The molecule has 9 nitrogen and oxygen atoms in total. The molecule has 2 rings (SSSR count). The second-order valence-corrected chi connectivity index (χ2v) is 5.06. The summed E-state index contributed by atoms with van der Waals surface area (Å²) in [6.45, 7) is 0. The maximum Gasteiger partial charge on any atom is 0.316 e. The number of carbonyl (C=O) groups is 3. The molecular formula is C15H16N4O5. The van der Waals surface area contributed by atoms with Gasteiger partial charge in [-0.05, 0) is 37.1 Å². The largest absolute Gasteiger partial charge is 0.481 e. The van der Waals surface area contributed by atoms with E-state index >= 15 is 0 Å². The van der Waals surface area contributed by atoms with Crippen molar-refractivity contribution in [3.63, 3.8) is 0 Å². The van der Waals surface area contributed by atoms with Crippen LogP contribution in [0.25, 0.3) is 5.69 Å². The van der Waals surface area contributed by atoms with E-state index in [9.17, 15) is 14.4 Å². The number of nitrogens with one attached hydrogen (secondary N) is 1. The normalized spacial score (nSPS) is 11.7. The van der Waals surface area contributed by atoms with Crippen LogP contribution in [-0.4, -0.2) is 43.1 Å². The Morgan fingerprint density at radius 2 is 1.88 bits per heavy atom. The fourth-order valence-corrected chi connectivity index (χ4v) is 2.10. The minimum absolute atomic E-state index is 0.0372. The minimum Gasteiger partial charge on any atom is -0.481 e. The monoisotopic (exact) mass is 332 g/mol. The van der Waals surface area contributed by atoms with Crippen molar-refractivity contribution in [3.8, 4) is 5.69 Å². The summed E-state index contributed by atoms with van der Waals surface area (Å²) < 4.78 is 1.54. The average Bonchev–Trinajstić information content (AvgIpc) is 3.06. The molecule has 126 valence electrons. The SMILES string of the molecule is O=C(O)CCC[C@H](C(=O)O)C(=O)Nc1ccc(-n2ccnn2)cc1. The van der Waals surface area contributed by atoms with Gasteiger partial charge in [0.25, 0.3) is 0 Å². The second kappa shape index (κ2) is 7.86. The van der Waals surface area contributed by atoms with Crippen molar-refractivity contribution in [2.45, 2.75) is 19.3 Å². The Labute approximate surface area is 136 Å². The number of anilines is 1. The van der Waals surface area contributed by atoms with Crippen LogP contribution in [0.15, 0.2) is 36.7 Å². The van der Waals surface area contributed by atoms with Gasteiger partial charge in [0.05, 0.1) is 18.1 Å². The van der Waals surface area contributed by atoms with Crippen LogP contribution in [0.5, 0.6) is 0 Å². The summed E-state index contributed by atoms with van der Waals surface area (Å²) in [5.74, 6) is -4.28. The van der Waals surface area contributed by atoms with Gasteiger partial charge in [0, 0.05) is 12.1 Å². The molecule has 1 atom stereocenters. The lowest BCUT2D eigenvalue weighted by molar-refractivity contribution is -0.146. The van der Waals surface area contributed by atoms with Gasteiger partial charge in [-0.3, -0.25) is 14.4 Å². The Hall–Kier alpha value is -3.23. The molecule has 0 radical (unpaired) electrons. The molecular weight excluding hydrogens is 316 g/mol.